The second-order valence-electron chi connectivity index (χ2n) is 10.4. The second-order valence-corrected chi connectivity index (χ2v) is 12.2. The van der Waals surface area contributed by atoms with E-state index in [-0.39, 0.29) is 23.8 Å². The van der Waals surface area contributed by atoms with Gasteiger partial charge in [0.15, 0.2) is 0 Å². The van der Waals surface area contributed by atoms with Gasteiger partial charge in [-0.05, 0) is 61.4 Å². The molecule has 0 aliphatic heterocycles. The van der Waals surface area contributed by atoms with Crippen molar-refractivity contribution in [3.63, 3.8) is 0 Å². The van der Waals surface area contributed by atoms with Crippen LogP contribution in [-0.4, -0.2) is 51.9 Å². The average Bonchev–Trinajstić information content (AvgIpc) is 3.02. The number of aryl methyl sites for hydroxylation is 2. The molecular weight excluding hydrogens is 562 g/mol. The number of nitrogens with zero attached hydrogens (tertiary/aromatic N) is 2. The van der Waals surface area contributed by atoms with Crippen molar-refractivity contribution in [1.29, 1.82) is 0 Å². The lowest BCUT2D eigenvalue weighted by atomic mass is 10.0. The fourth-order valence-corrected chi connectivity index (χ4v) is 6.26. The second kappa shape index (κ2) is 14.0. The molecule has 9 heteroatoms. The maximum absolute atomic E-state index is 14.3. The minimum atomic E-state index is -4.18. The largest absolute Gasteiger partial charge is 0.497 e. The number of carbonyl (C=O) groups is 2. The summed E-state index contributed by atoms with van der Waals surface area (Å²) >= 11 is 0. The van der Waals surface area contributed by atoms with Gasteiger partial charge in [0.25, 0.3) is 10.0 Å². The van der Waals surface area contributed by atoms with Gasteiger partial charge in [0, 0.05) is 20.0 Å². The molecule has 0 aliphatic rings. The number of benzene rings is 4. The summed E-state index contributed by atoms with van der Waals surface area (Å²) in [5.41, 5.74) is 3.99. The molecule has 4 aromatic rings. The summed E-state index contributed by atoms with van der Waals surface area (Å²) in [5.74, 6) is -0.343. The number of hydrogen-bond acceptors (Lipinski definition) is 5. The number of hydrogen-bond donors (Lipinski definition) is 1. The van der Waals surface area contributed by atoms with Crippen molar-refractivity contribution < 1.29 is 22.7 Å². The van der Waals surface area contributed by atoms with Crippen LogP contribution in [0.25, 0.3) is 0 Å². The molecule has 0 aliphatic carbocycles. The normalized spacial score (nSPS) is 11.8. The molecule has 8 nitrogen and oxygen atoms in total. The van der Waals surface area contributed by atoms with Crippen LogP contribution in [0.2, 0.25) is 0 Å². The number of rotatable bonds is 12. The van der Waals surface area contributed by atoms with Gasteiger partial charge in [-0.1, -0.05) is 77.9 Å². The zero-order chi connectivity index (χ0) is 31.0. The predicted octanol–water partition coefficient (Wildman–Crippen LogP) is 4.89. The standard InChI is InChI=1S/C34H37N3O5S/c1-25-13-15-29(16-14-25)37(43(40,41)31-19-17-30(42-4)18-20-31)24-33(38)36(23-28-12-8-9-26(2)21-28)32(34(39)35-3)22-27-10-6-5-7-11-27/h5-21,32H,22-24H2,1-4H3,(H,35,39)/t32-/m1/s1. The van der Waals surface area contributed by atoms with Crippen LogP contribution in [0.3, 0.4) is 0 Å². The van der Waals surface area contributed by atoms with E-state index in [2.05, 4.69) is 5.32 Å². The van der Waals surface area contributed by atoms with Gasteiger partial charge in [-0.25, -0.2) is 8.42 Å². The molecule has 1 N–H and O–H groups in total. The van der Waals surface area contributed by atoms with Crippen molar-refractivity contribution >= 4 is 27.5 Å². The maximum atomic E-state index is 14.3. The molecule has 0 aromatic heterocycles. The summed E-state index contributed by atoms with van der Waals surface area (Å²) < 4.78 is 34.4. The molecule has 0 saturated heterocycles. The van der Waals surface area contributed by atoms with Crippen LogP contribution in [0.5, 0.6) is 5.75 Å². The van der Waals surface area contributed by atoms with Crippen LogP contribution < -0.4 is 14.4 Å². The monoisotopic (exact) mass is 599 g/mol. The first kappa shape index (κ1) is 31.3. The summed E-state index contributed by atoms with van der Waals surface area (Å²) in [6, 6.07) is 29.2. The van der Waals surface area contributed by atoms with Crippen LogP contribution >= 0.6 is 0 Å². The third-order valence-electron chi connectivity index (χ3n) is 7.20. The van der Waals surface area contributed by atoms with Crippen LogP contribution in [-0.2, 0) is 32.6 Å². The molecule has 0 fully saturated rings. The highest BCUT2D eigenvalue weighted by atomic mass is 32.2. The zero-order valence-electron chi connectivity index (χ0n) is 24.9. The van der Waals surface area contributed by atoms with Gasteiger partial charge >= 0.3 is 0 Å². The van der Waals surface area contributed by atoms with Crippen molar-refractivity contribution in [2.75, 3.05) is 25.0 Å². The van der Waals surface area contributed by atoms with E-state index in [0.29, 0.717) is 11.4 Å². The third-order valence-corrected chi connectivity index (χ3v) is 8.99. The molecule has 0 heterocycles. The molecular formula is C34H37N3O5S. The highest BCUT2D eigenvalue weighted by Crippen LogP contribution is 2.27. The fourth-order valence-electron chi connectivity index (χ4n) is 4.84. The van der Waals surface area contributed by atoms with Crippen molar-refractivity contribution in [3.05, 3.63) is 125 Å². The van der Waals surface area contributed by atoms with E-state index in [4.69, 9.17) is 4.74 Å². The van der Waals surface area contributed by atoms with Crippen LogP contribution in [0.4, 0.5) is 5.69 Å². The Morgan fingerprint density at radius 1 is 0.814 bits per heavy atom. The fraction of sp³-hybridized carbons (Fsp3) is 0.235. The molecule has 4 rings (SSSR count). The Balaban J connectivity index is 1.78. The van der Waals surface area contributed by atoms with E-state index in [9.17, 15) is 18.0 Å². The summed E-state index contributed by atoms with van der Waals surface area (Å²) in [4.78, 5) is 29.2. The number of likely N-dealkylation sites (N-methyl/N-ethyl adjacent to an activating group) is 1. The Morgan fingerprint density at radius 3 is 2.07 bits per heavy atom. The van der Waals surface area contributed by atoms with Crippen molar-refractivity contribution in [3.8, 4) is 5.75 Å². The highest BCUT2D eigenvalue weighted by molar-refractivity contribution is 7.92. The first-order valence-electron chi connectivity index (χ1n) is 14.0. The van der Waals surface area contributed by atoms with E-state index >= 15 is 0 Å². The van der Waals surface area contributed by atoms with E-state index in [1.54, 1.807) is 36.4 Å². The summed E-state index contributed by atoms with van der Waals surface area (Å²) in [5, 5.41) is 2.70. The van der Waals surface area contributed by atoms with E-state index in [1.807, 2.05) is 68.4 Å². The quantitative estimate of drug-likeness (QED) is 0.250. The topological polar surface area (TPSA) is 96.0 Å². The van der Waals surface area contributed by atoms with Gasteiger partial charge in [-0.2, -0.15) is 0 Å². The van der Waals surface area contributed by atoms with Gasteiger partial charge in [0.05, 0.1) is 17.7 Å². The Bertz CT molecular complexity index is 1640. The molecule has 0 spiro atoms. The minimum absolute atomic E-state index is 0.0130. The molecule has 0 bridgehead atoms. The smallest absolute Gasteiger partial charge is 0.264 e. The molecule has 224 valence electrons. The summed E-state index contributed by atoms with van der Waals surface area (Å²) in [6.45, 7) is 3.47. The third kappa shape index (κ3) is 7.81. The number of amides is 2. The minimum Gasteiger partial charge on any atom is -0.497 e. The number of carbonyl (C=O) groups excluding carboxylic acids is 2. The van der Waals surface area contributed by atoms with Crippen molar-refractivity contribution in [2.24, 2.45) is 0 Å². The first-order valence-corrected chi connectivity index (χ1v) is 15.4. The Kier molecular flexibility index (Phi) is 10.2. The number of nitrogens with one attached hydrogen (secondary N) is 1. The summed E-state index contributed by atoms with van der Waals surface area (Å²) in [7, 11) is -1.15. The molecule has 43 heavy (non-hydrogen) atoms. The van der Waals surface area contributed by atoms with Crippen molar-refractivity contribution in [1.82, 2.24) is 10.2 Å². The highest BCUT2D eigenvalue weighted by Gasteiger charge is 2.34. The SMILES string of the molecule is CNC(=O)[C@@H](Cc1ccccc1)N(Cc1cccc(C)c1)C(=O)CN(c1ccc(C)cc1)S(=O)(=O)c1ccc(OC)cc1. The van der Waals surface area contributed by atoms with Gasteiger partial charge in [0.1, 0.15) is 18.3 Å². The molecule has 1 atom stereocenters. The van der Waals surface area contributed by atoms with Crippen LogP contribution in [0.15, 0.2) is 108 Å². The van der Waals surface area contributed by atoms with E-state index in [0.717, 1.165) is 26.6 Å². The van der Waals surface area contributed by atoms with E-state index < -0.39 is 28.5 Å². The van der Waals surface area contributed by atoms with E-state index in [1.165, 1.54) is 31.2 Å². The Labute approximate surface area is 254 Å². The number of methoxy groups -OCH3 is 1. The van der Waals surface area contributed by atoms with Crippen LogP contribution in [0, 0.1) is 13.8 Å². The van der Waals surface area contributed by atoms with Crippen molar-refractivity contribution in [2.45, 2.75) is 37.8 Å². The summed E-state index contributed by atoms with van der Waals surface area (Å²) in [6.07, 6.45) is 0.258. The molecule has 0 radical (unpaired) electrons. The number of anilines is 1. The zero-order valence-corrected chi connectivity index (χ0v) is 25.7. The lowest BCUT2D eigenvalue weighted by molar-refractivity contribution is -0.139. The molecule has 2 amide bonds. The van der Waals surface area contributed by atoms with Gasteiger partial charge < -0.3 is 15.0 Å². The van der Waals surface area contributed by atoms with Crippen LogP contribution in [0.1, 0.15) is 22.3 Å². The lowest BCUT2D eigenvalue weighted by Gasteiger charge is -2.33. The molecule has 4 aromatic carbocycles. The van der Waals surface area contributed by atoms with Gasteiger partial charge in [-0.15, -0.1) is 0 Å². The number of sulfonamides is 1. The number of ether oxygens (including phenoxy) is 1. The predicted molar refractivity (Wildman–Crippen MR) is 168 cm³/mol. The maximum Gasteiger partial charge on any atom is 0.264 e. The first-order chi connectivity index (χ1) is 20.6. The molecule has 0 saturated carbocycles. The Morgan fingerprint density at radius 2 is 1.47 bits per heavy atom. The Hall–Kier alpha value is -4.63. The van der Waals surface area contributed by atoms with Gasteiger partial charge in [-0.3, -0.25) is 13.9 Å². The van der Waals surface area contributed by atoms with Gasteiger partial charge in [0.2, 0.25) is 11.8 Å². The molecule has 0 unspecified atom stereocenters. The lowest BCUT2D eigenvalue weighted by Crippen LogP contribution is -2.53. The average molecular weight is 600 g/mol.